The maximum atomic E-state index is 9.21. The van der Waals surface area contributed by atoms with Gasteiger partial charge in [-0.1, -0.05) is 13.8 Å². The molecule has 0 saturated carbocycles. The van der Waals surface area contributed by atoms with Gasteiger partial charge in [-0.3, -0.25) is 4.68 Å². The molecule has 5 nitrogen and oxygen atoms in total. The first-order valence-corrected chi connectivity index (χ1v) is 5.13. The number of nitrogens with two attached hydrogens (primary N) is 1. The fourth-order valence-corrected chi connectivity index (χ4v) is 1.44. The third kappa shape index (κ3) is 2.41. The lowest BCUT2D eigenvalue weighted by Crippen LogP contribution is -2.30. The van der Waals surface area contributed by atoms with Crippen molar-refractivity contribution >= 4 is 11.5 Å². The molecular formula is C10H20N4O. The summed E-state index contributed by atoms with van der Waals surface area (Å²) in [7, 11) is 1.83. The first-order chi connectivity index (χ1) is 6.97. The average Bonchev–Trinajstić information content (AvgIpc) is 2.39. The van der Waals surface area contributed by atoms with Crippen molar-refractivity contribution in [2.24, 2.45) is 13.0 Å². The zero-order valence-electron chi connectivity index (χ0n) is 9.78. The minimum absolute atomic E-state index is 0.00194. The molecule has 0 bridgehead atoms. The van der Waals surface area contributed by atoms with E-state index in [0.29, 0.717) is 11.6 Å². The summed E-state index contributed by atoms with van der Waals surface area (Å²) in [4.78, 5) is 0. The van der Waals surface area contributed by atoms with Crippen molar-refractivity contribution in [2.45, 2.75) is 26.8 Å². The van der Waals surface area contributed by atoms with Crippen molar-refractivity contribution in [1.82, 2.24) is 9.78 Å². The van der Waals surface area contributed by atoms with Crippen LogP contribution in [0.3, 0.4) is 0 Å². The Bertz CT molecular complexity index is 332. The van der Waals surface area contributed by atoms with Gasteiger partial charge in [0.25, 0.3) is 0 Å². The Morgan fingerprint density at radius 1 is 1.53 bits per heavy atom. The van der Waals surface area contributed by atoms with Gasteiger partial charge in [-0.2, -0.15) is 5.10 Å². The Morgan fingerprint density at radius 2 is 2.13 bits per heavy atom. The summed E-state index contributed by atoms with van der Waals surface area (Å²) in [6.07, 6.45) is 0. The van der Waals surface area contributed by atoms with Gasteiger partial charge < -0.3 is 16.2 Å². The molecule has 4 N–H and O–H groups in total. The molecule has 0 radical (unpaired) electrons. The van der Waals surface area contributed by atoms with Crippen LogP contribution in [0.5, 0.6) is 0 Å². The molecule has 15 heavy (non-hydrogen) atoms. The third-order valence-electron chi connectivity index (χ3n) is 2.59. The Balaban J connectivity index is 2.88. The van der Waals surface area contributed by atoms with E-state index in [1.165, 1.54) is 0 Å². The molecule has 0 spiro atoms. The minimum Gasteiger partial charge on any atom is -0.394 e. The summed E-state index contributed by atoms with van der Waals surface area (Å²) in [6, 6.07) is 0.00194. The number of aryl methyl sites for hydroxylation is 2. The summed E-state index contributed by atoms with van der Waals surface area (Å²) < 4.78 is 1.70. The SMILES string of the molecule is Cc1nn(C)c(N[C@H](CO)C(C)C)c1N. The van der Waals surface area contributed by atoms with Gasteiger partial charge in [0.15, 0.2) is 0 Å². The topological polar surface area (TPSA) is 76.1 Å². The highest BCUT2D eigenvalue weighted by Gasteiger charge is 2.16. The molecule has 0 aromatic carbocycles. The zero-order chi connectivity index (χ0) is 11.6. The van der Waals surface area contributed by atoms with E-state index in [4.69, 9.17) is 5.73 Å². The standard InChI is InChI=1S/C10H20N4O/c1-6(2)8(5-15)12-10-9(11)7(3)13-14(10)4/h6,8,12,15H,5,11H2,1-4H3/t8-/m1/s1. The average molecular weight is 212 g/mol. The predicted molar refractivity (Wildman–Crippen MR) is 61.7 cm³/mol. The van der Waals surface area contributed by atoms with E-state index in [1.54, 1.807) is 4.68 Å². The first-order valence-electron chi connectivity index (χ1n) is 5.13. The Labute approximate surface area is 90.3 Å². The number of aromatic nitrogens is 2. The summed E-state index contributed by atoms with van der Waals surface area (Å²) in [5, 5.41) is 16.6. The molecule has 0 amide bonds. The van der Waals surface area contributed by atoms with E-state index in [0.717, 1.165) is 11.5 Å². The van der Waals surface area contributed by atoms with Gasteiger partial charge in [0, 0.05) is 7.05 Å². The minimum atomic E-state index is 0.00194. The fourth-order valence-electron chi connectivity index (χ4n) is 1.44. The summed E-state index contributed by atoms with van der Waals surface area (Å²) >= 11 is 0. The molecule has 1 aromatic heterocycles. The van der Waals surface area contributed by atoms with Gasteiger partial charge in [0.2, 0.25) is 0 Å². The first kappa shape index (κ1) is 11.8. The fraction of sp³-hybridized carbons (Fsp3) is 0.700. The number of nitrogen functional groups attached to an aromatic ring is 1. The number of anilines is 2. The Kier molecular flexibility index (Phi) is 3.57. The lowest BCUT2D eigenvalue weighted by molar-refractivity contribution is 0.248. The van der Waals surface area contributed by atoms with Crippen molar-refractivity contribution in [3.8, 4) is 0 Å². The molecule has 1 rings (SSSR count). The lowest BCUT2D eigenvalue weighted by atomic mass is 10.1. The Morgan fingerprint density at radius 3 is 2.47 bits per heavy atom. The highest BCUT2D eigenvalue weighted by molar-refractivity contribution is 5.64. The van der Waals surface area contributed by atoms with E-state index in [2.05, 4.69) is 10.4 Å². The summed E-state index contributed by atoms with van der Waals surface area (Å²) in [5.41, 5.74) is 7.33. The molecule has 5 heteroatoms. The van der Waals surface area contributed by atoms with Gasteiger partial charge in [0.1, 0.15) is 5.82 Å². The third-order valence-corrected chi connectivity index (χ3v) is 2.59. The van der Waals surface area contributed by atoms with Crippen LogP contribution in [0.1, 0.15) is 19.5 Å². The molecule has 1 aromatic rings. The van der Waals surface area contributed by atoms with E-state index < -0.39 is 0 Å². The molecule has 0 aliphatic rings. The smallest absolute Gasteiger partial charge is 0.148 e. The normalized spacial score (nSPS) is 13.2. The maximum absolute atomic E-state index is 9.21. The number of nitrogens with one attached hydrogen (secondary N) is 1. The molecule has 0 aliphatic heterocycles. The van der Waals surface area contributed by atoms with Crippen molar-refractivity contribution in [3.63, 3.8) is 0 Å². The largest absolute Gasteiger partial charge is 0.394 e. The van der Waals surface area contributed by atoms with Crippen LogP contribution in [0.4, 0.5) is 11.5 Å². The second-order valence-electron chi connectivity index (χ2n) is 4.15. The van der Waals surface area contributed by atoms with Crippen LogP contribution >= 0.6 is 0 Å². The van der Waals surface area contributed by atoms with Crippen molar-refractivity contribution in [1.29, 1.82) is 0 Å². The number of hydrogen-bond acceptors (Lipinski definition) is 4. The maximum Gasteiger partial charge on any atom is 0.148 e. The van der Waals surface area contributed by atoms with Crippen LogP contribution in [0.2, 0.25) is 0 Å². The number of rotatable bonds is 4. The molecule has 0 fully saturated rings. The molecule has 1 heterocycles. The summed E-state index contributed by atoms with van der Waals surface area (Å²) in [6.45, 7) is 6.05. The number of aliphatic hydroxyl groups is 1. The number of aliphatic hydroxyl groups excluding tert-OH is 1. The van der Waals surface area contributed by atoms with Crippen molar-refractivity contribution in [2.75, 3.05) is 17.7 Å². The van der Waals surface area contributed by atoms with E-state index >= 15 is 0 Å². The Hall–Kier alpha value is -1.23. The molecular weight excluding hydrogens is 192 g/mol. The molecule has 0 saturated heterocycles. The van der Waals surface area contributed by atoms with E-state index in [9.17, 15) is 5.11 Å². The highest BCUT2D eigenvalue weighted by Crippen LogP contribution is 2.22. The van der Waals surface area contributed by atoms with Gasteiger partial charge in [-0.05, 0) is 12.8 Å². The van der Waals surface area contributed by atoms with Crippen LogP contribution in [0, 0.1) is 12.8 Å². The molecule has 86 valence electrons. The van der Waals surface area contributed by atoms with Crippen LogP contribution in [0.15, 0.2) is 0 Å². The van der Waals surface area contributed by atoms with Crippen LogP contribution in [0.25, 0.3) is 0 Å². The van der Waals surface area contributed by atoms with E-state index in [1.807, 2.05) is 27.8 Å². The number of nitrogens with zero attached hydrogens (tertiary/aromatic N) is 2. The summed E-state index contributed by atoms with van der Waals surface area (Å²) in [5.74, 6) is 1.12. The highest BCUT2D eigenvalue weighted by atomic mass is 16.3. The molecule has 0 aliphatic carbocycles. The van der Waals surface area contributed by atoms with Gasteiger partial charge in [0.05, 0.1) is 24.0 Å². The zero-order valence-corrected chi connectivity index (χ0v) is 9.78. The van der Waals surface area contributed by atoms with Crippen LogP contribution in [-0.4, -0.2) is 27.5 Å². The van der Waals surface area contributed by atoms with E-state index in [-0.39, 0.29) is 12.6 Å². The molecule has 0 unspecified atom stereocenters. The second kappa shape index (κ2) is 4.53. The quantitative estimate of drug-likeness (QED) is 0.688. The van der Waals surface area contributed by atoms with Gasteiger partial charge in [-0.15, -0.1) is 0 Å². The second-order valence-corrected chi connectivity index (χ2v) is 4.15. The predicted octanol–water partition coefficient (Wildman–Crippen LogP) is 0.740. The molecule has 1 atom stereocenters. The van der Waals surface area contributed by atoms with Crippen molar-refractivity contribution in [3.05, 3.63) is 5.69 Å². The monoisotopic (exact) mass is 212 g/mol. The van der Waals surface area contributed by atoms with Crippen LogP contribution in [-0.2, 0) is 7.05 Å². The van der Waals surface area contributed by atoms with Gasteiger partial charge >= 0.3 is 0 Å². The van der Waals surface area contributed by atoms with Crippen LogP contribution < -0.4 is 11.1 Å². The van der Waals surface area contributed by atoms with Gasteiger partial charge in [-0.25, -0.2) is 0 Å². The lowest BCUT2D eigenvalue weighted by Gasteiger charge is -2.21. The number of hydrogen-bond donors (Lipinski definition) is 3. The van der Waals surface area contributed by atoms with Crippen molar-refractivity contribution < 1.29 is 5.11 Å².